The monoisotopic (exact) mass is 423 g/mol. The molecule has 0 aliphatic carbocycles. The zero-order valence-electron chi connectivity index (χ0n) is 18.7. The Bertz CT molecular complexity index is 879. The minimum absolute atomic E-state index is 0.208. The molecule has 0 N–H and O–H groups in total. The van der Waals surface area contributed by atoms with Crippen molar-refractivity contribution < 1.29 is 14.3 Å². The first-order valence-electron chi connectivity index (χ1n) is 11.2. The van der Waals surface area contributed by atoms with E-state index in [1.807, 2.05) is 17.0 Å². The van der Waals surface area contributed by atoms with Gasteiger partial charge in [-0.25, -0.2) is 0 Å². The second-order valence-corrected chi connectivity index (χ2v) is 8.30. The number of amides is 1. The van der Waals surface area contributed by atoms with E-state index < -0.39 is 0 Å². The van der Waals surface area contributed by atoms with E-state index in [1.165, 1.54) is 11.3 Å². The van der Waals surface area contributed by atoms with Crippen LogP contribution in [0, 0.1) is 0 Å². The van der Waals surface area contributed by atoms with E-state index in [1.54, 1.807) is 14.2 Å². The van der Waals surface area contributed by atoms with Crippen LogP contribution in [0.1, 0.15) is 17.5 Å². The topological polar surface area (TPSA) is 45.3 Å². The van der Waals surface area contributed by atoms with Crippen molar-refractivity contribution in [2.45, 2.75) is 19.3 Å². The third-order valence-electron chi connectivity index (χ3n) is 6.45. The summed E-state index contributed by atoms with van der Waals surface area (Å²) in [6.07, 6.45) is 2.31. The number of hydrogen-bond donors (Lipinski definition) is 0. The second kappa shape index (κ2) is 10.1. The molecule has 0 spiro atoms. The molecule has 1 amide bonds. The van der Waals surface area contributed by atoms with Gasteiger partial charge in [0.05, 0.1) is 20.6 Å². The maximum absolute atomic E-state index is 12.8. The predicted molar refractivity (Wildman–Crippen MR) is 123 cm³/mol. The largest absolute Gasteiger partial charge is 0.493 e. The molecule has 6 nitrogen and oxygen atoms in total. The molecule has 2 aromatic carbocycles. The molecule has 2 heterocycles. The number of nitrogens with zero attached hydrogens (tertiary/aromatic N) is 3. The molecule has 166 valence electrons. The molecular formula is C25H33N3O3. The van der Waals surface area contributed by atoms with Crippen molar-refractivity contribution in [2.75, 3.05) is 64.9 Å². The summed E-state index contributed by atoms with van der Waals surface area (Å²) < 4.78 is 10.8. The minimum atomic E-state index is 0.208. The van der Waals surface area contributed by atoms with E-state index in [0.29, 0.717) is 12.2 Å². The summed E-state index contributed by atoms with van der Waals surface area (Å²) in [5.41, 5.74) is 3.55. The average Bonchev–Trinajstić information content (AvgIpc) is 2.97. The number of hydrogen-bond acceptors (Lipinski definition) is 5. The van der Waals surface area contributed by atoms with Gasteiger partial charge in [-0.3, -0.25) is 9.69 Å². The molecule has 31 heavy (non-hydrogen) atoms. The third-order valence-corrected chi connectivity index (χ3v) is 6.45. The molecule has 0 bridgehead atoms. The van der Waals surface area contributed by atoms with Gasteiger partial charge in [-0.1, -0.05) is 18.2 Å². The van der Waals surface area contributed by atoms with Gasteiger partial charge < -0.3 is 19.3 Å². The highest BCUT2D eigenvalue weighted by atomic mass is 16.5. The Morgan fingerprint density at radius 1 is 0.839 bits per heavy atom. The summed E-state index contributed by atoms with van der Waals surface area (Å²) in [4.78, 5) is 19.8. The molecule has 0 aromatic heterocycles. The highest BCUT2D eigenvalue weighted by Crippen LogP contribution is 2.32. The fourth-order valence-corrected chi connectivity index (χ4v) is 4.61. The Labute approximate surface area is 185 Å². The van der Waals surface area contributed by atoms with Crippen LogP contribution in [-0.2, 0) is 17.6 Å². The van der Waals surface area contributed by atoms with Crippen LogP contribution in [0.15, 0.2) is 42.5 Å². The van der Waals surface area contributed by atoms with Crippen LogP contribution in [0.5, 0.6) is 11.5 Å². The maximum Gasteiger partial charge on any atom is 0.227 e. The summed E-state index contributed by atoms with van der Waals surface area (Å²) in [7, 11) is 3.28. The van der Waals surface area contributed by atoms with Gasteiger partial charge in [0.15, 0.2) is 11.5 Å². The lowest BCUT2D eigenvalue weighted by atomic mass is 10.0. The van der Waals surface area contributed by atoms with Crippen molar-refractivity contribution in [3.05, 3.63) is 53.6 Å². The fourth-order valence-electron chi connectivity index (χ4n) is 4.61. The molecule has 2 aliphatic heterocycles. The van der Waals surface area contributed by atoms with Crippen LogP contribution in [0.2, 0.25) is 0 Å². The standard InChI is InChI=1S/C25H33N3O3/c1-30-23-17-20-9-12-28(25(29)19-21(20)18-24(23)31-2)11-6-10-26-13-15-27(16-14-26)22-7-4-3-5-8-22/h3-5,7-8,17-18H,6,9-16,19H2,1-2H3. The molecule has 0 atom stereocenters. The van der Waals surface area contributed by atoms with Gasteiger partial charge in [0.2, 0.25) is 5.91 Å². The molecule has 0 radical (unpaired) electrons. The van der Waals surface area contributed by atoms with Gasteiger partial charge in [-0.15, -0.1) is 0 Å². The van der Waals surface area contributed by atoms with E-state index in [4.69, 9.17) is 9.47 Å². The van der Waals surface area contributed by atoms with Crippen LogP contribution in [-0.4, -0.2) is 75.7 Å². The lowest BCUT2D eigenvalue weighted by molar-refractivity contribution is -0.130. The zero-order valence-corrected chi connectivity index (χ0v) is 18.7. The number of benzene rings is 2. The van der Waals surface area contributed by atoms with E-state index in [2.05, 4.69) is 40.1 Å². The van der Waals surface area contributed by atoms with Crippen LogP contribution < -0.4 is 14.4 Å². The number of fused-ring (bicyclic) bond motifs is 1. The van der Waals surface area contributed by atoms with Crippen molar-refractivity contribution in [3.8, 4) is 11.5 Å². The van der Waals surface area contributed by atoms with Crippen molar-refractivity contribution in [1.29, 1.82) is 0 Å². The highest BCUT2D eigenvalue weighted by molar-refractivity contribution is 5.80. The normalized spacial score (nSPS) is 17.3. The van der Waals surface area contributed by atoms with Gasteiger partial charge in [-0.05, 0) is 54.8 Å². The van der Waals surface area contributed by atoms with E-state index in [0.717, 1.165) is 70.0 Å². The van der Waals surface area contributed by atoms with Crippen molar-refractivity contribution in [1.82, 2.24) is 9.80 Å². The number of para-hydroxylation sites is 1. The number of anilines is 1. The van der Waals surface area contributed by atoms with Gasteiger partial charge in [0.1, 0.15) is 0 Å². The fraction of sp³-hybridized carbons (Fsp3) is 0.480. The first-order valence-corrected chi connectivity index (χ1v) is 11.2. The average molecular weight is 424 g/mol. The maximum atomic E-state index is 12.8. The summed E-state index contributed by atoms with van der Waals surface area (Å²) in [6.45, 7) is 6.91. The second-order valence-electron chi connectivity index (χ2n) is 8.30. The summed E-state index contributed by atoms with van der Waals surface area (Å²) in [5.74, 6) is 1.63. The number of carbonyl (C=O) groups is 1. The third kappa shape index (κ3) is 5.13. The number of rotatable bonds is 7. The van der Waals surface area contributed by atoms with E-state index >= 15 is 0 Å². The van der Waals surface area contributed by atoms with Crippen molar-refractivity contribution in [2.24, 2.45) is 0 Å². The molecule has 0 saturated carbocycles. The Morgan fingerprint density at radius 3 is 2.19 bits per heavy atom. The Balaban J connectivity index is 1.26. The van der Waals surface area contributed by atoms with Crippen LogP contribution >= 0.6 is 0 Å². The molecule has 1 saturated heterocycles. The summed E-state index contributed by atoms with van der Waals surface area (Å²) in [5, 5.41) is 0. The highest BCUT2D eigenvalue weighted by Gasteiger charge is 2.23. The Kier molecular flexibility index (Phi) is 6.97. The molecule has 6 heteroatoms. The molecule has 0 unspecified atom stereocenters. The zero-order chi connectivity index (χ0) is 21.6. The molecule has 2 aliphatic rings. The Hall–Kier alpha value is -2.73. The summed E-state index contributed by atoms with van der Waals surface area (Å²) >= 11 is 0. The van der Waals surface area contributed by atoms with Crippen molar-refractivity contribution in [3.63, 3.8) is 0 Å². The number of carbonyl (C=O) groups excluding carboxylic acids is 1. The number of piperazine rings is 1. The Morgan fingerprint density at radius 2 is 1.52 bits per heavy atom. The predicted octanol–water partition coefficient (Wildman–Crippen LogP) is 2.84. The SMILES string of the molecule is COc1cc2c(cc1OC)CC(=O)N(CCCN1CCN(c3ccccc3)CC1)CC2. The van der Waals surface area contributed by atoms with Crippen LogP contribution in [0.4, 0.5) is 5.69 Å². The smallest absolute Gasteiger partial charge is 0.227 e. The summed E-state index contributed by atoms with van der Waals surface area (Å²) in [6, 6.07) is 14.6. The minimum Gasteiger partial charge on any atom is -0.493 e. The van der Waals surface area contributed by atoms with Crippen LogP contribution in [0.3, 0.4) is 0 Å². The molecular weight excluding hydrogens is 390 g/mol. The van der Waals surface area contributed by atoms with Gasteiger partial charge in [0.25, 0.3) is 0 Å². The van der Waals surface area contributed by atoms with E-state index in [-0.39, 0.29) is 5.91 Å². The lowest BCUT2D eigenvalue weighted by Crippen LogP contribution is -2.47. The molecule has 1 fully saturated rings. The number of ether oxygens (including phenoxy) is 2. The first kappa shape index (κ1) is 21.5. The lowest BCUT2D eigenvalue weighted by Gasteiger charge is -2.36. The number of methoxy groups -OCH3 is 2. The molecule has 2 aromatic rings. The van der Waals surface area contributed by atoms with E-state index in [9.17, 15) is 4.79 Å². The van der Waals surface area contributed by atoms with Crippen LogP contribution in [0.25, 0.3) is 0 Å². The van der Waals surface area contributed by atoms with Gasteiger partial charge >= 0.3 is 0 Å². The molecule has 4 rings (SSSR count). The quantitative estimate of drug-likeness (QED) is 0.685. The van der Waals surface area contributed by atoms with Crippen molar-refractivity contribution >= 4 is 11.6 Å². The van der Waals surface area contributed by atoms with Gasteiger partial charge in [-0.2, -0.15) is 0 Å². The first-order chi connectivity index (χ1) is 15.2. The van der Waals surface area contributed by atoms with Gasteiger partial charge in [0, 0.05) is 45.0 Å².